The van der Waals surface area contributed by atoms with E-state index in [1.54, 1.807) is 38.6 Å². The van der Waals surface area contributed by atoms with Crippen molar-refractivity contribution < 1.29 is 19.5 Å². The molecule has 0 radical (unpaired) electrons. The Labute approximate surface area is 281 Å². The molecule has 0 saturated carbocycles. The Kier molecular flexibility index (Phi) is 9.71. The number of benzene rings is 3. The van der Waals surface area contributed by atoms with Gasteiger partial charge in [0.2, 0.25) is 17.7 Å². The molecule has 7 nitrogen and oxygen atoms in total. The van der Waals surface area contributed by atoms with Crippen LogP contribution < -0.4 is 4.90 Å². The molecule has 3 saturated heterocycles. The van der Waals surface area contributed by atoms with Gasteiger partial charge in [-0.3, -0.25) is 14.4 Å². The predicted octanol–water partition coefficient (Wildman–Crippen LogP) is 5.36. The Morgan fingerprint density at radius 2 is 1.53 bits per heavy atom. The van der Waals surface area contributed by atoms with E-state index >= 15 is 9.59 Å². The average molecular weight is 650 g/mol. The number of carbonyl (C=O) groups is 3. The molecule has 7 atom stereocenters. The average Bonchev–Trinajstić information content (AvgIpc) is 3.70. The van der Waals surface area contributed by atoms with E-state index in [9.17, 15) is 9.90 Å². The summed E-state index contributed by atoms with van der Waals surface area (Å²) in [6.07, 6.45) is 4.54. The lowest BCUT2D eigenvalue weighted by Crippen LogP contribution is -2.59. The molecule has 3 amide bonds. The van der Waals surface area contributed by atoms with E-state index < -0.39 is 28.7 Å². The fourth-order valence-electron chi connectivity index (χ4n) is 8.16. The summed E-state index contributed by atoms with van der Waals surface area (Å²) in [5.74, 6) is -1.83. The van der Waals surface area contributed by atoms with E-state index in [4.69, 9.17) is 0 Å². The number of anilines is 1. The van der Waals surface area contributed by atoms with Crippen molar-refractivity contribution in [2.75, 3.05) is 24.6 Å². The summed E-state index contributed by atoms with van der Waals surface area (Å²) in [7, 11) is 0. The molecule has 244 valence electrons. The third-order valence-corrected chi connectivity index (χ3v) is 12.2. The van der Waals surface area contributed by atoms with Crippen LogP contribution in [-0.4, -0.2) is 74.4 Å². The van der Waals surface area contributed by atoms with Gasteiger partial charge in [-0.15, -0.1) is 24.9 Å². The number of aliphatic hydroxyl groups is 1. The summed E-state index contributed by atoms with van der Waals surface area (Å²) in [6.45, 7) is 10.6. The highest BCUT2D eigenvalue weighted by atomic mass is 32.2. The molecule has 3 fully saturated rings. The minimum atomic E-state index is -0.850. The Balaban J connectivity index is 1.45. The summed E-state index contributed by atoms with van der Waals surface area (Å²) in [5.41, 5.74) is 2.69. The number of rotatable bonds is 13. The highest BCUT2D eigenvalue weighted by molar-refractivity contribution is 8.02. The van der Waals surface area contributed by atoms with Crippen LogP contribution >= 0.6 is 11.8 Å². The summed E-state index contributed by atoms with van der Waals surface area (Å²) in [5, 5.41) is 10.8. The lowest BCUT2D eigenvalue weighted by atomic mass is 9.65. The fourth-order valence-corrected chi connectivity index (χ4v) is 10.6. The van der Waals surface area contributed by atoms with Gasteiger partial charge in [-0.05, 0) is 42.0 Å². The summed E-state index contributed by atoms with van der Waals surface area (Å²) in [4.78, 5) is 49.9. The first kappa shape index (κ1) is 32.8. The van der Waals surface area contributed by atoms with Gasteiger partial charge >= 0.3 is 0 Å². The molecule has 6 rings (SSSR count). The topological polar surface area (TPSA) is 81.2 Å². The first-order valence-corrected chi connectivity index (χ1v) is 17.3. The lowest BCUT2D eigenvalue weighted by molar-refractivity contribution is -0.146. The maximum atomic E-state index is 15.1. The molecule has 1 N–H and O–H groups in total. The quantitative estimate of drug-likeness (QED) is 0.252. The van der Waals surface area contributed by atoms with Crippen molar-refractivity contribution in [1.82, 2.24) is 9.80 Å². The van der Waals surface area contributed by atoms with Crippen LogP contribution in [0.15, 0.2) is 116 Å². The van der Waals surface area contributed by atoms with E-state index in [1.807, 2.05) is 91.0 Å². The second kappa shape index (κ2) is 13.9. The second-order valence-corrected chi connectivity index (χ2v) is 14.4. The molecule has 0 aliphatic carbocycles. The molecule has 3 aromatic rings. The molecular formula is C39H43N3O4S. The predicted molar refractivity (Wildman–Crippen MR) is 188 cm³/mol. The number of nitrogens with zero attached hydrogens (tertiary/aromatic N) is 3. The third kappa shape index (κ3) is 5.82. The normalized spacial score (nSPS) is 26.5. The van der Waals surface area contributed by atoms with Crippen molar-refractivity contribution in [1.29, 1.82) is 0 Å². The number of thioether (sulfide) groups is 1. The van der Waals surface area contributed by atoms with Crippen LogP contribution in [0.4, 0.5) is 5.69 Å². The zero-order chi connectivity index (χ0) is 33.1. The fraction of sp³-hybridized carbons (Fsp3) is 0.359. The van der Waals surface area contributed by atoms with Crippen molar-refractivity contribution in [3.63, 3.8) is 0 Å². The monoisotopic (exact) mass is 649 g/mol. The number of carbonyl (C=O) groups excluding carboxylic acids is 3. The molecule has 1 spiro atoms. The van der Waals surface area contributed by atoms with Crippen LogP contribution in [-0.2, 0) is 27.3 Å². The molecule has 0 aromatic heterocycles. The van der Waals surface area contributed by atoms with Crippen molar-refractivity contribution in [3.8, 4) is 0 Å². The minimum Gasteiger partial charge on any atom is -0.394 e. The molecule has 3 heterocycles. The Bertz CT molecular complexity index is 1600. The SMILES string of the molecule is C=CCN(Cc1ccccc1)C(=O)C1N([C@@H](CO)Cc2ccccc2)C(=O)[C@@H]2[C@@H](C(=O)N(CC=C)c3ccccc3)[C@H]3CC(C)C12S3. The highest BCUT2D eigenvalue weighted by Gasteiger charge is 2.77. The molecule has 2 bridgehead atoms. The molecule has 3 aromatic carbocycles. The molecule has 8 heteroatoms. The number of para-hydroxylation sites is 1. The lowest BCUT2D eigenvalue weighted by Gasteiger charge is -2.42. The molecule has 3 aliphatic rings. The van der Waals surface area contributed by atoms with Gasteiger partial charge in [-0.1, -0.05) is 97.9 Å². The molecule has 47 heavy (non-hydrogen) atoms. The van der Waals surface area contributed by atoms with Crippen LogP contribution in [0.25, 0.3) is 0 Å². The molecular weight excluding hydrogens is 607 g/mol. The summed E-state index contributed by atoms with van der Waals surface area (Å²) in [6, 6.07) is 27.6. The van der Waals surface area contributed by atoms with E-state index in [0.717, 1.165) is 23.2 Å². The van der Waals surface area contributed by atoms with Crippen LogP contribution in [0.2, 0.25) is 0 Å². The highest BCUT2D eigenvalue weighted by Crippen LogP contribution is 2.69. The van der Waals surface area contributed by atoms with E-state index in [0.29, 0.717) is 26.1 Å². The zero-order valence-electron chi connectivity index (χ0n) is 26.9. The van der Waals surface area contributed by atoms with Crippen molar-refractivity contribution in [2.45, 2.75) is 48.4 Å². The van der Waals surface area contributed by atoms with Crippen LogP contribution in [0.5, 0.6) is 0 Å². The smallest absolute Gasteiger partial charge is 0.247 e. The van der Waals surface area contributed by atoms with Crippen molar-refractivity contribution in [3.05, 3.63) is 127 Å². The second-order valence-electron chi connectivity index (χ2n) is 12.9. The molecule has 3 aliphatic heterocycles. The van der Waals surface area contributed by atoms with Gasteiger partial charge in [-0.25, -0.2) is 0 Å². The number of aliphatic hydroxyl groups excluding tert-OH is 1. The van der Waals surface area contributed by atoms with Crippen LogP contribution in [0, 0.1) is 17.8 Å². The largest absolute Gasteiger partial charge is 0.394 e. The van der Waals surface area contributed by atoms with E-state index in [2.05, 4.69) is 20.1 Å². The summed E-state index contributed by atoms with van der Waals surface area (Å²) < 4.78 is -0.823. The number of hydrogen-bond donors (Lipinski definition) is 1. The van der Waals surface area contributed by atoms with Crippen molar-refractivity contribution in [2.24, 2.45) is 17.8 Å². The standard InChI is InChI=1S/C39H43N3O4S/c1-4-21-40(25-29-17-11-7-12-18-29)38(46)35-39-27(3)23-32(47-39)33(36(44)41(22-5-2)30-19-13-8-14-20-30)34(39)37(45)42(35)31(26-43)24-28-15-9-6-10-16-28/h4-20,27,31-35,43H,1-2,21-26H2,3H3/t27?,31-,32-,33+,34+,35?,39?/m1/s1. The molecule has 3 unspecified atom stereocenters. The maximum Gasteiger partial charge on any atom is 0.247 e. The van der Waals surface area contributed by atoms with E-state index in [-0.39, 0.29) is 35.5 Å². The first-order chi connectivity index (χ1) is 22.8. The number of likely N-dealkylation sites (tertiary alicyclic amines) is 1. The van der Waals surface area contributed by atoms with Crippen LogP contribution in [0.1, 0.15) is 24.5 Å². The maximum absolute atomic E-state index is 15.1. The van der Waals surface area contributed by atoms with Crippen LogP contribution in [0.3, 0.4) is 0 Å². The number of amides is 3. The zero-order valence-corrected chi connectivity index (χ0v) is 27.7. The van der Waals surface area contributed by atoms with Gasteiger partial charge < -0.3 is 19.8 Å². The van der Waals surface area contributed by atoms with Gasteiger partial charge in [-0.2, -0.15) is 0 Å². The third-order valence-electron chi connectivity index (χ3n) is 10.1. The Morgan fingerprint density at radius 3 is 2.13 bits per heavy atom. The van der Waals surface area contributed by atoms with Gasteiger partial charge in [0, 0.05) is 30.6 Å². The Hall–Kier alpha value is -4.14. The Morgan fingerprint density at radius 1 is 0.936 bits per heavy atom. The van der Waals surface area contributed by atoms with Gasteiger partial charge in [0.25, 0.3) is 0 Å². The first-order valence-electron chi connectivity index (χ1n) is 16.4. The van der Waals surface area contributed by atoms with Gasteiger partial charge in [0.1, 0.15) is 6.04 Å². The van der Waals surface area contributed by atoms with Gasteiger partial charge in [0.05, 0.1) is 29.2 Å². The minimum absolute atomic E-state index is 0.00240. The number of fused-ring (bicyclic) bond motifs is 1. The van der Waals surface area contributed by atoms with Gasteiger partial charge in [0.15, 0.2) is 0 Å². The number of hydrogen-bond acceptors (Lipinski definition) is 5. The summed E-state index contributed by atoms with van der Waals surface area (Å²) >= 11 is 1.65. The van der Waals surface area contributed by atoms with E-state index in [1.165, 1.54) is 0 Å². The van der Waals surface area contributed by atoms with Crippen molar-refractivity contribution >= 4 is 35.2 Å².